The smallest absolute Gasteiger partial charge is 0.330 e. The van der Waals surface area contributed by atoms with Crippen molar-refractivity contribution in [3.05, 3.63) is 65.2 Å². The Morgan fingerprint density at radius 3 is 1.97 bits per heavy atom. The third kappa shape index (κ3) is 6.08. The van der Waals surface area contributed by atoms with Crippen molar-refractivity contribution in [2.45, 2.75) is 62.7 Å². The number of hydrogen-bond donors (Lipinski definition) is 5. The van der Waals surface area contributed by atoms with Crippen LogP contribution in [0.15, 0.2) is 31.6 Å². The minimum absolute atomic E-state index is 0.0649. The van der Waals surface area contributed by atoms with Gasteiger partial charge in [-0.15, -0.1) is 0 Å². The van der Waals surface area contributed by atoms with Crippen molar-refractivity contribution in [3.8, 4) is 0 Å². The third-order valence-corrected chi connectivity index (χ3v) is 10.6. The number of hydrogen-bond acceptors (Lipinski definition) is 11. The number of nitrogens with zero attached hydrogens (tertiary/aromatic N) is 2. The van der Waals surface area contributed by atoms with Gasteiger partial charge in [0.05, 0.1) is 25.4 Å². The molecule has 4 heterocycles. The molecule has 0 aliphatic carbocycles. The van der Waals surface area contributed by atoms with E-state index in [-0.39, 0.29) is 12.8 Å². The third-order valence-electron chi connectivity index (χ3n) is 6.17. The van der Waals surface area contributed by atoms with Gasteiger partial charge in [-0.1, -0.05) is 11.4 Å². The molecule has 2 aliphatic rings. The number of H-pyrrole nitrogens is 2. The molecule has 2 saturated heterocycles. The van der Waals surface area contributed by atoms with E-state index in [9.17, 15) is 34.3 Å². The lowest BCUT2D eigenvalue weighted by molar-refractivity contribution is -0.0417. The van der Waals surface area contributed by atoms with Crippen molar-refractivity contribution in [2.24, 2.45) is 0 Å². The van der Waals surface area contributed by atoms with Crippen LogP contribution in [-0.4, -0.2) is 71.0 Å². The lowest BCUT2D eigenvalue weighted by Crippen LogP contribution is -2.33. The van der Waals surface area contributed by atoms with Crippen molar-refractivity contribution in [1.82, 2.24) is 19.1 Å². The molecule has 204 valence electrons. The number of aryl methyl sites for hydroxylation is 2. The lowest BCUT2D eigenvalue weighted by atomic mass is 10.2. The molecule has 2 aliphatic heterocycles. The first-order chi connectivity index (χ1) is 17.4. The molecule has 2 aromatic rings. The number of rotatable bonds is 8. The number of aromatic nitrogens is 4. The van der Waals surface area contributed by atoms with Crippen LogP contribution in [0.3, 0.4) is 0 Å². The van der Waals surface area contributed by atoms with Gasteiger partial charge in [0.25, 0.3) is 11.1 Å². The Hall–Kier alpha value is -1.88. The molecule has 37 heavy (non-hydrogen) atoms. The van der Waals surface area contributed by atoms with Crippen LogP contribution >= 0.6 is 17.1 Å². The van der Waals surface area contributed by atoms with Crippen molar-refractivity contribution in [2.75, 3.05) is 13.2 Å². The van der Waals surface area contributed by atoms with Crippen LogP contribution in [0.2, 0.25) is 0 Å². The first-order valence-electron chi connectivity index (χ1n) is 11.3. The Morgan fingerprint density at radius 1 is 0.973 bits per heavy atom. The fraction of sp³-hybridized carbons (Fsp3) is 0.600. The molecular weight excluding hydrogens is 551 g/mol. The van der Waals surface area contributed by atoms with E-state index in [4.69, 9.17) is 25.8 Å². The van der Waals surface area contributed by atoms with Crippen LogP contribution in [0.25, 0.3) is 0 Å². The molecule has 0 saturated carbocycles. The summed E-state index contributed by atoms with van der Waals surface area (Å²) in [5.41, 5.74) is -5.42. The first kappa shape index (κ1) is 28.1. The van der Waals surface area contributed by atoms with Gasteiger partial charge in [0.2, 0.25) is 5.69 Å². The monoisotopic (exact) mass is 578 g/mol. The maximum Gasteiger partial charge on any atom is 0.330 e. The minimum Gasteiger partial charge on any atom is -0.394 e. The van der Waals surface area contributed by atoms with Crippen molar-refractivity contribution < 1.29 is 29.1 Å². The van der Waals surface area contributed by atoms with Gasteiger partial charge in [0.15, 0.2) is 0 Å². The summed E-state index contributed by atoms with van der Waals surface area (Å²) in [6, 6.07) is 0. The van der Waals surface area contributed by atoms with Crippen molar-refractivity contribution in [1.29, 1.82) is 0 Å². The van der Waals surface area contributed by atoms with Gasteiger partial charge in [-0.05, 0) is 25.7 Å². The highest BCUT2D eigenvalue weighted by Gasteiger charge is 2.44. The molecular formula is C20H27N4O10PS2. The van der Waals surface area contributed by atoms with E-state index >= 15 is 0 Å². The van der Waals surface area contributed by atoms with Gasteiger partial charge in [0.1, 0.15) is 18.6 Å². The second-order valence-corrected chi connectivity index (χ2v) is 15.1. The molecule has 0 radical (unpaired) electrons. The SMILES string of the molecule is Cc1cn([C@H]2C[C@H](OP(O)(=S)S[C@H]3C[C@H](n4cc(C)c(=O)[nH]c4=O)O[C@@H]3CO)[C@@H](CO)O2)c(=O)[nH]c1=O. The zero-order chi connectivity index (χ0) is 27.1. The molecule has 5 N–H and O–H groups in total. The van der Waals surface area contributed by atoms with Gasteiger partial charge in [-0.2, -0.15) is 0 Å². The summed E-state index contributed by atoms with van der Waals surface area (Å²) < 4.78 is 19.7. The Labute approximate surface area is 218 Å². The molecule has 1 unspecified atom stereocenters. The van der Waals surface area contributed by atoms with E-state index in [1.54, 1.807) is 0 Å². The Bertz CT molecular complexity index is 1330. The zero-order valence-electron chi connectivity index (χ0n) is 19.8. The molecule has 0 amide bonds. The van der Waals surface area contributed by atoms with Gasteiger partial charge in [0, 0.05) is 41.6 Å². The van der Waals surface area contributed by atoms with Crippen molar-refractivity contribution >= 4 is 28.9 Å². The average Bonchev–Trinajstić information content (AvgIpc) is 3.41. The summed E-state index contributed by atoms with van der Waals surface area (Å²) in [5.74, 6) is 0. The standard InChI is InChI=1S/C20H27N4O10PS2/c1-9-5-23(19(29)21-17(9)27)15-3-11(12(7-25)32-15)34-35(31,36)37-14-4-16(33-13(14)8-26)24-6-10(2)18(28)22-20(24)30/h5-6,11-16,25-26H,3-4,7-8H2,1-2H3,(H,31,36)(H,21,27,29)(H,22,28,30)/t11-,12+,13+,14-,15+,16+,35?/m0/s1. The summed E-state index contributed by atoms with van der Waals surface area (Å²) in [6.45, 7) is 2.18. The predicted molar refractivity (Wildman–Crippen MR) is 136 cm³/mol. The van der Waals surface area contributed by atoms with Gasteiger partial charge < -0.3 is 29.1 Å². The highest BCUT2D eigenvalue weighted by molar-refractivity contribution is 8.67. The highest BCUT2D eigenvalue weighted by Crippen LogP contribution is 2.62. The summed E-state index contributed by atoms with van der Waals surface area (Å²) in [7, 11) is 0. The number of aromatic amines is 2. The van der Waals surface area contributed by atoms with Crippen LogP contribution in [0.5, 0.6) is 0 Å². The van der Waals surface area contributed by atoms with Crippen LogP contribution in [0.4, 0.5) is 0 Å². The van der Waals surface area contributed by atoms with E-state index in [1.165, 1.54) is 35.4 Å². The van der Waals surface area contributed by atoms with Crippen LogP contribution in [0.1, 0.15) is 36.4 Å². The summed E-state index contributed by atoms with van der Waals surface area (Å²) in [4.78, 5) is 63.3. The van der Waals surface area contributed by atoms with E-state index in [0.717, 1.165) is 11.4 Å². The molecule has 4 rings (SSSR count). The topological polar surface area (TPSA) is 198 Å². The number of aliphatic hydroxyl groups is 2. The van der Waals surface area contributed by atoms with Crippen LogP contribution < -0.4 is 22.5 Å². The lowest BCUT2D eigenvalue weighted by Gasteiger charge is -2.25. The second-order valence-electron chi connectivity index (χ2n) is 8.81. The fourth-order valence-electron chi connectivity index (χ4n) is 4.26. The summed E-state index contributed by atoms with van der Waals surface area (Å²) in [6.07, 6.45) is -1.28. The Balaban J connectivity index is 1.48. The Kier molecular flexibility index (Phi) is 8.43. The molecule has 2 aromatic heterocycles. The number of aliphatic hydroxyl groups excluding tert-OH is 2. The maximum atomic E-state index is 12.3. The van der Waals surface area contributed by atoms with E-state index in [0.29, 0.717) is 11.1 Å². The molecule has 0 aromatic carbocycles. The minimum atomic E-state index is -3.61. The quantitative estimate of drug-likeness (QED) is 0.239. The second kappa shape index (κ2) is 11.1. The zero-order valence-corrected chi connectivity index (χ0v) is 22.3. The number of nitrogens with one attached hydrogen (secondary N) is 2. The normalized spacial score (nSPS) is 29.4. The molecule has 0 bridgehead atoms. The molecule has 14 nitrogen and oxygen atoms in total. The fourth-order valence-corrected chi connectivity index (χ4v) is 9.25. The van der Waals surface area contributed by atoms with E-state index in [2.05, 4.69) is 9.97 Å². The van der Waals surface area contributed by atoms with Gasteiger partial charge in [-0.25, -0.2) is 9.59 Å². The Morgan fingerprint density at radius 2 is 1.46 bits per heavy atom. The molecule has 17 heteroatoms. The van der Waals surface area contributed by atoms with Gasteiger partial charge in [-0.3, -0.25) is 28.7 Å². The highest BCUT2D eigenvalue weighted by atomic mass is 32.9. The van der Waals surface area contributed by atoms with Crippen molar-refractivity contribution in [3.63, 3.8) is 0 Å². The van der Waals surface area contributed by atoms with E-state index < -0.39 is 77.4 Å². The van der Waals surface area contributed by atoms with Crippen LogP contribution in [-0.2, 0) is 25.8 Å². The maximum absolute atomic E-state index is 12.3. The summed E-state index contributed by atoms with van der Waals surface area (Å²) in [5, 5.41) is 19.1. The molecule has 0 spiro atoms. The summed E-state index contributed by atoms with van der Waals surface area (Å²) >= 11 is 6.25. The van der Waals surface area contributed by atoms with Crippen LogP contribution in [0, 0.1) is 13.8 Å². The number of ether oxygens (including phenoxy) is 2. The first-order valence-corrected chi connectivity index (χ1v) is 15.4. The van der Waals surface area contributed by atoms with E-state index in [1.807, 2.05) is 0 Å². The predicted octanol–water partition coefficient (Wildman–Crippen LogP) is -1.03. The molecule has 2 fully saturated rings. The average molecular weight is 579 g/mol. The molecule has 7 atom stereocenters. The van der Waals surface area contributed by atoms with Gasteiger partial charge >= 0.3 is 11.4 Å². The largest absolute Gasteiger partial charge is 0.394 e.